The van der Waals surface area contributed by atoms with Crippen molar-refractivity contribution in [1.82, 2.24) is 10.6 Å². The van der Waals surface area contributed by atoms with Crippen LogP contribution in [0.25, 0.3) is 9.69 Å². The Morgan fingerprint density at radius 3 is 1.61 bits per heavy atom. The van der Waals surface area contributed by atoms with E-state index in [-0.39, 0.29) is 99.6 Å². The van der Waals surface area contributed by atoms with Crippen molar-refractivity contribution >= 4 is 92.4 Å². The molecular weight excluding hydrogens is 788 g/mol. The van der Waals surface area contributed by atoms with Gasteiger partial charge < -0.3 is 20.4 Å². The van der Waals surface area contributed by atoms with Crippen molar-refractivity contribution in [2.24, 2.45) is 0 Å². The molecule has 298 valence electrons. The number of carbonyl (C=O) groups is 4. The molecule has 4 amide bonds. The molecule has 2 heterocycles. The Morgan fingerprint density at radius 2 is 1.17 bits per heavy atom. The highest BCUT2D eigenvalue weighted by atomic mass is 32.1. The van der Waals surface area contributed by atoms with Gasteiger partial charge in [0.1, 0.15) is 16.9 Å². The van der Waals surface area contributed by atoms with Crippen molar-refractivity contribution in [2.75, 3.05) is 33.6 Å². The molecule has 0 aromatic heterocycles. The quantitative estimate of drug-likeness (QED) is 0.148. The Balaban J connectivity index is 0.000000221. The topological polar surface area (TPSA) is 114 Å². The lowest BCUT2D eigenvalue weighted by molar-refractivity contribution is -0.124. The van der Waals surface area contributed by atoms with Crippen LogP contribution in [0.15, 0.2) is 78.6 Å². The average Bonchev–Trinajstić information content (AvgIpc) is 3.66. The highest BCUT2D eigenvalue weighted by molar-refractivity contribution is 7.81. The van der Waals surface area contributed by atoms with Crippen molar-refractivity contribution < 1.29 is 46.9 Å². The molecule has 12 nitrogen and oxygen atoms in total. The minimum Gasteiger partial charge on any atom is -0.355 e. The molecular formula is C44H39FN8O4S2. The van der Waals surface area contributed by atoms with E-state index in [1.165, 1.54) is 30.9 Å². The second-order valence-electron chi connectivity index (χ2n) is 13.6. The fraction of sp³-hybridized carbons (Fsp3) is 0.273. The third kappa shape index (κ3) is 6.56. The SMILES string of the molecule is [2H]c1cc([N+]#[C-])c(C)c([2H])c1N1C(=O)C2(CCC2)N(c2c([2H])c([2H])c(C(=O)NC([2H])([2H])[2H])c(F)c2[2H])C1=S.[2H]c1cc([N+]#[C-])c(C)c([2H])c1N1C(=O)C2(CCC2)N(c2c([2H])c([2H])c(C(=O)NC([2H])([2H])[2H])c([2H])c2[2H])C1=S. The first kappa shape index (κ1) is 24.4. The molecule has 15 heteroatoms. The van der Waals surface area contributed by atoms with E-state index in [1.807, 2.05) is 0 Å². The summed E-state index contributed by atoms with van der Waals surface area (Å²) in [5, 5.41) is 2.58. The van der Waals surface area contributed by atoms with E-state index >= 15 is 4.39 Å². The lowest BCUT2D eigenvalue weighted by Gasteiger charge is -2.43. The van der Waals surface area contributed by atoms with Crippen LogP contribution in [-0.2, 0) is 9.59 Å². The number of hydrogen-bond donors (Lipinski definition) is 2. The van der Waals surface area contributed by atoms with E-state index in [0.29, 0.717) is 12.8 Å². The fourth-order valence-electron chi connectivity index (χ4n) is 7.08. The molecule has 4 aromatic carbocycles. The van der Waals surface area contributed by atoms with Crippen molar-refractivity contribution in [1.29, 1.82) is 0 Å². The Hall–Kier alpha value is -6.55. The summed E-state index contributed by atoms with van der Waals surface area (Å²) in [7, 11) is 0. The first-order valence-corrected chi connectivity index (χ1v) is 18.4. The van der Waals surface area contributed by atoms with Crippen molar-refractivity contribution in [3.8, 4) is 0 Å². The smallest absolute Gasteiger partial charge is 0.259 e. The number of nitrogens with zero attached hydrogens (tertiary/aromatic N) is 6. The molecule has 0 unspecified atom stereocenters. The van der Waals surface area contributed by atoms with Gasteiger partial charge in [0.25, 0.3) is 23.6 Å². The Bertz CT molecular complexity index is 3130. The molecule has 2 spiro atoms. The van der Waals surface area contributed by atoms with Gasteiger partial charge in [0.2, 0.25) is 0 Å². The monoisotopic (exact) mass is 843 g/mol. The number of benzene rings is 4. The number of hydrogen-bond acceptors (Lipinski definition) is 6. The highest BCUT2D eigenvalue weighted by Crippen LogP contribution is 2.49. The third-order valence-electron chi connectivity index (χ3n) is 10.4. The Labute approximate surface area is 376 Å². The Morgan fingerprint density at radius 1 is 0.712 bits per heavy atom. The van der Waals surface area contributed by atoms with Crippen LogP contribution in [0.4, 0.5) is 38.5 Å². The van der Waals surface area contributed by atoms with E-state index in [4.69, 9.17) is 60.9 Å². The molecule has 2 saturated carbocycles. The molecule has 4 fully saturated rings. The summed E-state index contributed by atoms with van der Waals surface area (Å²) in [6.45, 7) is 11.6. The maximum Gasteiger partial charge on any atom is 0.259 e. The summed E-state index contributed by atoms with van der Waals surface area (Å²) in [6, 6.07) is -4.69. The van der Waals surface area contributed by atoms with E-state index in [0.717, 1.165) is 14.7 Å². The number of thiocarbonyl (C=S) groups is 2. The molecule has 0 radical (unpaired) electrons. The molecule has 2 aliphatic carbocycles. The van der Waals surface area contributed by atoms with Crippen LogP contribution in [0, 0.1) is 32.8 Å². The number of amides is 4. The zero-order valence-corrected chi connectivity index (χ0v) is 32.5. The maximum atomic E-state index is 15.4. The number of nitrogens with one attached hydrogen (secondary N) is 2. The minimum absolute atomic E-state index is 0.0465. The normalized spacial score (nSPS) is 21.7. The fourth-order valence-corrected chi connectivity index (χ4v) is 7.96. The van der Waals surface area contributed by atoms with Gasteiger partial charge in [0, 0.05) is 50.5 Å². The summed E-state index contributed by atoms with van der Waals surface area (Å²) in [5.41, 5.74) is -5.52. The zero-order chi connectivity index (χ0) is 57.0. The van der Waals surface area contributed by atoms with Gasteiger partial charge >= 0.3 is 0 Å². The lowest BCUT2D eigenvalue weighted by atomic mass is 9.75. The second kappa shape index (κ2) is 15.7. The summed E-state index contributed by atoms with van der Waals surface area (Å²) in [6.07, 6.45) is 1.95. The van der Waals surface area contributed by atoms with Crippen LogP contribution < -0.4 is 30.2 Å². The molecule has 0 bridgehead atoms. The first-order chi connectivity index (χ1) is 35.2. The summed E-state index contributed by atoms with van der Waals surface area (Å²) in [5.74, 6) is -5.66. The zero-order valence-electron chi connectivity index (χ0n) is 47.9. The number of halogens is 1. The summed E-state index contributed by atoms with van der Waals surface area (Å²) >= 11 is 11.1. The van der Waals surface area contributed by atoms with E-state index < -0.39 is 114 Å². The van der Waals surface area contributed by atoms with Crippen LogP contribution in [0.2, 0.25) is 0 Å². The van der Waals surface area contributed by atoms with Gasteiger partial charge in [-0.1, -0.05) is 12.1 Å². The van der Waals surface area contributed by atoms with Gasteiger partial charge in [-0.25, -0.2) is 14.1 Å². The van der Waals surface area contributed by atoms with E-state index in [2.05, 4.69) is 9.69 Å². The van der Waals surface area contributed by atoms with Crippen LogP contribution in [0.1, 0.15) is 93.7 Å². The molecule has 2 N–H and O–H groups in total. The molecule has 4 aromatic rings. The van der Waals surface area contributed by atoms with Crippen molar-refractivity contribution in [3.63, 3.8) is 0 Å². The van der Waals surface area contributed by atoms with Gasteiger partial charge in [-0.2, -0.15) is 0 Å². The molecule has 4 aliphatic rings. The summed E-state index contributed by atoms with van der Waals surface area (Å²) in [4.78, 5) is 63.2. The van der Waals surface area contributed by atoms with Crippen LogP contribution in [0.3, 0.4) is 0 Å². The average molecular weight is 844 g/mol. The molecule has 2 aliphatic heterocycles. The third-order valence-corrected chi connectivity index (χ3v) is 11.2. The molecule has 8 rings (SSSR count). The van der Waals surface area contributed by atoms with Crippen molar-refractivity contribution in [2.45, 2.75) is 63.5 Å². The molecule has 0 atom stereocenters. The van der Waals surface area contributed by atoms with E-state index in [1.54, 1.807) is 10.6 Å². The highest BCUT2D eigenvalue weighted by Gasteiger charge is 2.60. The standard InChI is InChI=1S/C22H19FN4O2S.C22H20N4O2S/c1-13-11-14(6-8-18(13)24-2)26-20(29)22(9-4-10-22)27(21(26)30)15-5-7-16(17(23)12-15)19(28)25-3;1-14-13-17(9-10-18(14)23-2)25-20(28)22(11-4-12-22)26(21(25)29)16-7-5-15(6-8-16)19(27)24-3/h5-8,11-12H,4,9-10H2,1,3H3,(H,25,28);5-10,13H,4,11-12H2,1,3H3,(H,24,27)/i3D3,5D,6D,7D,11D,12D;3D3,5D,6D,7D,8D,9D,13D. The molecule has 2 saturated heterocycles. The van der Waals surface area contributed by atoms with Crippen LogP contribution in [-0.4, -0.2) is 58.9 Å². The van der Waals surface area contributed by atoms with Crippen LogP contribution in [0.5, 0.6) is 0 Å². The lowest BCUT2D eigenvalue weighted by Crippen LogP contribution is -2.55. The number of anilines is 4. The van der Waals surface area contributed by atoms with Gasteiger partial charge in [-0.15, -0.1) is 0 Å². The first-order valence-electron chi connectivity index (χ1n) is 26.1. The van der Waals surface area contributed by atoms with E-state index in [9.17, 15) is 19.2 Å². The largest absolute Gasteiger partial charge is 0.355 e. The predicted molar refractivity (Wildman–Crippen MR) is 233 cm³/mol. The maximum absolute atomic E-state index is 15.4. The van der Waals surface area contributed by atoms with Crippen LogP contribution >= 0.6 is 24.4 Å². The number of carbonyl (C=O) groups excluding carboxylic acids is 4. The minimum atomic E-state index is -3.01. The van der Waals surface area contributed by atoms with Gasteiger partial charge in [-0.3, -0.25) is 29.0 Å². The summed E-state index contributed by atoms with van der Waals surface area (Å²) < 4.78 is 151. The number of rotatable bonds is 6. The second-order valence-corrected chi connectivity index (χ2v) is 14.3. The molecule has 59 heavy (non-hydrogen) atoms. The van der Waals surface area contributed by atoms with Gasteiger partial charge in [-0.05, 0) is 154 Å². The van der Waals surface area contributed by atoms with Gasteiger partial charge in [0.15, 0.2) is 21.6 Å². The van der Waals surface area contributed by atoms with Gasteiger partial charge in [0.05, 0.1) is 33.8 Å². The predicted octanol–water partition coefficient (Wildman–Crippen LogP) is 8.07. The Kier molecular flexibility index (Phi) is 6.47. The van der Waals surface area contributed by atoms with Crippen molar-refractivity contribution in [3.05, 3.63) is 130 Å².